The summed E-state index contributed by atoms with van der Waals surface area (Å²) in [6.07, 6.45) is -2.27. The molecular formula is C25H31F3O6S. The minimum Gasteiger partial charge on any atom is -0.430 e. The predicted octanol–water partition coefficient (Wildman–Crippen LogP) is 3.75. The summed E-state index contributed by atoms with van der Waals surface area (Å²) >= 11 is 0.325. The van der Waals surface area contributed by atoms with E-state index in [1.54, 1.807) is 13.8 Å². The molecule has 3 saturated carbocycles. The first kappa shape index (κ1) is 26.4. The lowest BCUT2D eigenvalue weighted by Crippen LogP contribution is -2.71. The molecule has 2 N–H and O–H groups in total. The number of carbonyl (C=O) groups is 3. The number of carbonyl (C=O) groups excluding carboxylic acids is 3. The Bertz CT molecular complexity index is 1030. The highest BCUT2D eigenvalue weighted by atomic mass is 32.2. The van der Waals surface area contributed by atoms with Crippen LogP contribution in [0.4, 0.5) is 13.2 Å². The average Bonchev–Trinajstić information content (AvgIpc) is 2.99. The van der Waals surface area contributed by atoms with E-state index in [-0.39, 0.29) is 37.0 Å². The molecular weight excluding hydrogens is 485 g/mol. The van der Waals surface area contributed by atoms with Gasteiger partial charge in [-0.3, -0.25) is 14.4 Å². The van der Waals surface area contributed by atoms with Crippen LogP contribution in [0.15, 0.2) is 23.5 Å². The second-order valence-corrected chi connectivity index (χ2v) is 11.6. The molecule has 0 aromatic heterocycles. The molecule has 1 unspecified atom stereocenters. The van der Waals surface area contributed by atoms with Crippen LogP contribution in [0.25, 0.3) is 0 Å². The first-order valence-electron chi connectivity index (χ1n) is 11.9. The van der Waals surface area contributed by atoms with Crippen LogP contribution in [0.5, 0.6) is 0 Å². The molecule has 10 heteroatoms. The third-order valence-electron chi connectivity index (χ3n) is 9.35. The number of rotatable bonds is 4. The van der Waals surface area contributed by atoms with E-state index in [2.05, 4.69) is 0 Å². The smallest absolute Gasteiger partial charge is 0.310 e. The summed E-state index contributed by atoms with van der Waals surface area (Å²) in [5.74, 6) is -4.34. The molecule has 0 radical (unpaired) electrons. The summed E-state index contributed by atoms with van der Waals surface area (Å²) in [5, 5.41) is 22.2. The number of ether oxygens (including phenoxy) is 1. The van der Waals surface area contributed by atoms with Gasteiger partial charge in [0.15, 0.2) is 11.5 Å². The maximum Gasteiger partial charge on any atom is 0.310 e. The molecule has 0 bridgehead atoms. The van der Waals surface area contributed by atoms with Crippen LogP contribution in [-0.2, 0) is 19.1 Å². The van der Waals surface area contributed by atoms with Gasteiger partial charge in [-0.05, 0) is 49.7 Å². The van der Waals surface area contributed by atoms with Crippen LogP contribution in [-0.4, -0.2) is 56.6 Å². The number of thioether (sulfide) groups is 1. The van der Waals surface area contributed by atoms with Crippen molar-refractivity contribution in [1.29, 1.82) is 0 Å². The van der Waals surface area contributed by atoms with E-state index in [9.17, 15) is 29.0 Å². The summed E-state index contributed by atoms with van der Waals surface area (Å²) < 4.78 is 51.7. The van der Waals surface area contributed by atoms with Crippen molar-refractivity contribution in [3.63, 3.8) is 0 Å². The van der Waals surface area contributed by atoms with Gasteiger partial charge in [0.1, 0.15) is 23.5 Å². The number of alkyl halides is 3. The van der Waals surface area contributed by atoms with E-state index in [0.29, 0.717) is 11.8 Å². The van der Waals surface area contributed by atoms with Crippen molar-refractivity contribution in [1.82, 2.24) is 0 Å². The number of hydrogen-bond donors (Lipinski definition) is 2. The van der Waals surface area contributed by atoms with Crippen molar-refractivity contribution >= 4 is 28.6 Å². The van der Waals surface area contributed by atoms with Gasteiger partial charge >= 0.3 is 5.97 Å². The molecule has 0 aliphatic heterocycles. The van der Waals surface area contributed by atoms with E-state index in [0.717, 1.165) is 12.2 Å². The summed E-state index contributed by atoms with van der Waals surface area (Å²) in [6, 6.07) is -1.04. The number of ketones is 1. The van der Waals surface area contributed by atoms with Crippen molar-refractivity contribution in [2.45, 2.75) is 76.9 Å². The van der Waals surface area contributed by atoms with Crippen LogP contribution in [0.3, 0.4) is 0 Å². The highest BCUT2D eigenvalue weighted by molar-refractivity contribution is 8.13. The second-order valence-electron chi connectivity index (χ2n) is 10.7. The number of fused-ring (bicyclic) bond motifs is 5. The highest BCUT2D eigenvalue weighted by Gasteiger charge is 2.78. The molecule has 0 saturated heterocycles. The van der Waals surface area contributed by atoms with E-state index >= 15 is 8.78 Å². The fraction of sp³-hybridized carbons (Fsp3) is 0.720. The quantitative estimate of drug-likeness (QED) is 0.549. The average molecular weight is 517 g/mol. The zero-order valence-electron chi connectivity index (χ0n) is 20.1. The summed E-state index contributed by atoms with van der Waals surface area (Å²) in [6.45, 7) is 6.04. The van der Waals surface area contributed by atoms with Gasteiger partial charge < -0.3 is 14.9 Å². The molecule has 0 aromatic rings. The van der Waals surface area contributed by atoms with E-state index < -0.39 is 75.0 Å². The SMILES string of the molecule is CCC(=O)OC1=CC(=O)C=C2[C@@H](F)CC3[C@@H]4C[C@@H](C)[C@](O)(C(=O)SCF)[C@@]4(C)C[C@H](O)[C@]3(F)[C@]12C. The van der Waals surface area contributed by atoms with E-state index in [1.165, 1.54) is 13.8 Å². The zero-order valence-corrected chi connectivity index (χ0v) is 21.0. The Morgan fingerprint density at radius 1 is 1.23 bits per heavy atom. The molecule has 0 heterocycles. The minimum atomic E-state index is -2.56. The molecule has 0 spiro atoms. The normalized spacial score (nSPS) is 46.7. The molecule has 35 heavy (non-hydrogen) atoms. The fourth-order valence-electron chi connectivity index (χ4n) is 7.54. The number of aliphatic hydroxyl groups excluding tert-OH is 1. The molecule has 194 valence electrons. The standard InChI is InChI=1S/C25H31F3O6S/c1-5-20(31)34-19-8-13(29)7-16-17(27)9-15-14-6-12(2)25(33,21(32)35-11-26)22(14,3)10-18(30)24(15,28)23(16,19)4/h7-8,12,14-15,17-18,30,33H,5-6,9-11H2,1-4H3/t12-,14+,15?,17+,18+,22+,23+,24+,25+/m1/s1. The minimum absolute atomic E-state index is 0.0649. The lowest BCUT2D eigenvalue weighted by molar-refractivity contribution is -0.228. The van der Waals surface area contributed by atoms with Crippen LogP contribution in [0, 0.1) is 28.6 Å². The number of halogens is 3. The van der Waals surface area contributed by atoms with Crippen molar-refractivity contribution in [3.05, 3.63) is 23.5 Å². The molecule has 0 amide bonds. The lowest BCUT2D eigenvalue weighted by atomic mass is 9.44. The molecule has 4 aliphatic rings. The van der Waals surface area contributed by atoms with Crippen LogP contribution in [0.1, 0.15) is 53.4 Å². The number of aliphatic hydroxyl groups is 2. The Labute approximate surface area is 206 Å². The number of allylic oxidation sites excluding steroid dienone is 3. The summed E-state index contributed by atoms with van der Waals surface area (Å²) in [5.41, 5.74) is -8.12. The van der Waals surface area contributed by atoms with Gasteiger partial charge in [-0.25, -0.2) is 13.2 Å². The summed E-state index contributed by atoms with van der Waals surface area (Å²) in [7, 11) is 0. The molecule has 4 aliphatic carbocycles. The fourth-order valence-corrected chi connectivity index (χ4v) is 8.29. The molecule has 4 rings (SSSR count). The maximum absolute atomic E-state index is 17.5. The van der Waals surface area contributed by atoms with Crippen LogP contribution >= 0.6 is 11.8 Å². The van der Waals surface area contributed by atoms with E-state index in [1.807, 2.05) is 0 Å². The van der Waals surface area contributed by atoms with Crippen molar-refractivity contribution in [3.8, 4) is 0 Å². The monoisotopic (exact) mass is 516 g/mol. The third kappa shape index (κ3) is 3.21. The lowest BCUT2D eigenvalue weighted by Gasteiger charge is -2.63. The maximum atomic E-state index is 17.5. The topological polar surface area (TPSA) is 101 Å². The first-order valence-corrected chi connectivity index (χ1v) is 12.9. The summed E-state index contributed by atoms with van der Waals surface area (Å²) in [4.78, 5) is 37.4. The third-order valence-corrected chi connectivity index (χ3v) is 10.0. The van der Waals surface area contributed by atoms with Gasteiger partial charge in [0.05, 0.1) is 11.5 Å². The molecule has 3 fully saturated rings. The zero-order chi connectivity index (χ0) is 26.1. The van der Waals surface area contributed by atoms with Gasteiger partial charge in [-0.2, -0.15) is 0 Å². The highest BCUT2D eigenvalue weighted by Crippen LogP contribution is 2.72. The molecule has 9 atom stereocenters. The number of hydrogen-bond acceptors (Lipinski definition) is 7. The Morgan fingerprint density at radius 3 is 2.49 bits per heavy atom. The van der Waals surface area contributed by atoms with E-state index in [4.69, 9.17) is 4.74 Å². The van der Waals surface area contributed by atoms with Crippen molar-refractivity contribution in [2.24, 2.45) is 28.6 Å². The van der Waals surface area contributed by atoms with Gasteiger partial charge in [0.2, 0.25) is 5.12 Å². The Balaban J connectivity index is 1.87. The molecule has 0 aromatic carbocycles. The first-order chi connectivity index (χ1) is 16.2. The Kier molecular flexibility index (Phi) is 6.38. The largest absolute Gasteiger partial charge is 0.430 e. The predicted molar refractivity (Wildman–Crippen MR) is 122 cm³/mol. The molecule has 6 nitrogen and oxygen atoms in total. The number of esters is 1. The Hall–Kier alpha value is -1.65. The van der Waals surface area contributed by atoms with Gasteiger partial charge in [0, 0.05) is 23.8 Å². The van der Waals surface area contributed by atoms with Crippen molar-refractivity contribution in [2.75, 3.05) is 6.01 Å². The van der Waals surface area contributed by atoms with Gasteiger partial charge in [0.25, 0.3) is 0 Å². The van der Waals surface area contributed by atoms with Gasteiger partial charge in [-0.15, -0.1) is 0 Å². The van der Waals surface area contributed by atoms with Gasteiger partial charge in [-0.1, -0.05) is 32.5 Å². The Morgan fingerprint density at radius 2 is 1.89 bits per heavy atom. The van der Waals surface area contributed by atoms with Crippen LogP contribution in [0.2, 0.25) is 0 Å². The van der Waals surface area contributed by atoms with Crippen molar-refractivity contribution < 1.29 is 42.5 Å². The second kappa shape index (κ2) is 8.45. The van der Waals surface area contributed by atoms with Crippen LogP contribution < -0.4 is 0 Å².